The van der Waals surface area contributed by atoms with E-state index in [0.29, 0.717) is 12.1 Å². The quantitative estimate of drug-likeness (QED) is 0.335. The molecule has 0 radical (unpaired) electrons. The van der Waals surface area contributed by atoms with Gasteiger partial charge < -0.3 is 15.3 Å². The van der Waals surface area contributed by atoms with E-state index in [1.807, 2.05) is 42.6 Å². The smallest absolute Gasteiger partial charge is 0.408 e. The Balaban J connectivity index is 2.12. The van der Waals surface area contributed by atoms with Gasteiger partial charge in [-0.1, -0.05) is 59.7 Å². The molecule has 0 spiro atoms. The van der Waals surface area contributed by atoms with Gasteiger partial charge in [0, 0.05) is 18.1 Å². The van der Waals surface area contributed by atoms with Gasteiger partial charge in [0.25, 0.3) is 0 Å². The van der Waals surface area contributed by atoms with Crippen LogP contribution in [0.1, 0.15) is 71.6 Å². The van der Waals surface area contributed by atoms with Crippen molar-refractivity contribution in [3.05, 3.63) is 59.9 Å². The zero-order valence-electron chi connectivity index (χ0n) is 22.6. The maximum Gasteiger partial charge on any atom is 0.408 e. The van der Waals surface area contributed by atoms with Crippen molar-refractivity contribution in [1.82, 2.24) is 9.88 Å². The number of nitrogens with zero attached hydrogens (tertiary/aromatic N) is 2. The Hall–Kier alpha value is -2.38. The molecule has 0 unspecified atom stereocenters. The first kappa shape index (κ1) is 27.2. The molecule has 3 atom stereocenters. The summed E-state index contributed by atoms with van der Waals surface area (Å²) in [7, 11) is -2.22. The fourth-order valence-electron chi connectivity index (χ4n) is 5.12. The third kappa shape index (κ3) is 5.41. The summed E-state index contributed by atoms with van der Waals surface area (Å²) in [5.74, 6) is 0. The molecule has 3 rings (SSSR count). The molecule has 2 aromatic rings. The van der Waals surface area contributed by atoms with E-state index >= 15 is 0 Å². The van der Waals surface area contributed by atoms with Gasteiger partial charge in [-0.2, -0.15) is 0 Å². The summed E-state index contributed by atoms with van der Waals surface area (Å²) < 4.78 is 7.00. The van der Waals surface area contributed by atoms with Crippen molar-refractivity contribution in [1.29, 1.82) is 0 Å². The molecule has 1 aliphatic heterocycles. The highest BCUT2D eigenvalue weighted by Crippen LogP contribution is 2.52. The molecule has 1 aliphatic rings. The molecule has 6 nitrogen and oxygen atoms in total. The number of carboxylic acid groups (broad SMARTS) is 1. The van der Waals surface area contributed by atoms with Gasteiger partial charge in [0.2, 0.25) is 0 Å². The molecule has 0 saturated carbocycles. The van der Waals surface area contributed by atoms with Crippen LogP contribution >= 0.6 is 0 Å². The minimum atomic E-state index is -2.22. The summed E-state index contributed by atoms with van der Waals surface area (Å²) >= 11 is 0. The maximum absolute atomic E-state index is 13.1. The van der Waals surface area contributed by atoms with Crippen LogP contribution in [-0.2, 0) is 10.8 Å². The number of nitrogen functional groups attached to an aromatic ring is 1. The molecule has 0 bridgehead atoms. The molecule has 1 aromatic carbocycles. The molecule has 35 heavy (non-hydrogen) atoms. The second-order valence-electron chi connectivity index (χ2n) is 12.5. The van der Waals surface area contributed by atoms with Gasteiger partial charge in [-0.25, -0.2) is 4.79 Å². The number of pyridine rings is 1. The molecule has 1 aromatic heterocycles. The lowest BCUT2D eigenvalue weighted by atomic mass is 9.68. The standard InChI is InChI=1S/C28H43N3O3Si/c1-26(2,3)28(18-20-11-13-22(29)14-12-20)16-15-23(31(28)25(32)33)24(21-10-9-17-30-19-21)34-35(7,8)27(4,5)6/h9-14,17,19,23-24H,15-16,18,29H2,1-8H3,(H,32,33)/t23-,24-,28-/m1/s1. The number of benzene rings is 1. The van der Waals surface area contributed by atoms with Gasteiger partial charge in [0.1, 0.15) is 0 Å². The Morgan fingerprint density at radius 3 is 2.31 bits per heavy atom. The first-order valence-electron chi connectivity index (χ1n) is 12.5. The number of likely N-dealkylation sites (tertiary alicyclic amines) is 1. The summed E-state index contributed by atoms with van der Waals surface area (Å²) in [5.41, 5.74) is 7.77. The van der Waals surface area contributed by atoms with E-state index in [1.165, 1.54) is 0 Å². The van der Waals surface area contributed by atoms with E-state index < -0.39 is 19.9 Å². The lowest BCUT2D eigenvalue weighted by molar-refractivity contribution is -0.0148. The Labute approximate surface area is 212 Å². The third-order valence-corrected chi connectivity index (χ3v) is 12.8. The summed E-state index contributed by atoms with van der Waals surface area (Å²) in [6.07, 6.45) is 4.41. The number of rotatable bonds is 6. The van der Waals surface area contributed by atoms with E-state index in [2.05, 4.69) is 59.6 Å². The Morgan fingerprint density at radius 2 is 1.83 bits per heavy atom. The fourth-order valence-corrected chi connectivity index (χ4v) is 6.40. The predicted molar refractivity (Wildman–Crippen MR) is 145 cm³/mol. The van der Waals surface area contributed by atoms with E-state index in [9.17, 15) is 9.90 Å². The number of nitrogens with two attached hydrogens (primary N) is 1. The lowest BCUT2D eigenvalue weighted by Crippen LogP contribution is -2.60. The van der Waals surface area contributed by atoms with Crippen molar-refractivity contribution in [2.45, 2.75) is 96.6 Å². The van der Waals surface area contributed by atoms with Crippen LogP contribution < -0.4 is 5.73 Å². The number of hydrogen-bond donors (Lipinski definition) is 2. The minimum absolute atomic E-state index is 0.00873. The van der Waals surface area contributed by atoms with Gasteiger partial charge in [0.15, 0.2) is 8.32 Å². The van der Waals surface area contributed by atoms with Crippen LogP contribution in [0.15, 0.2) is 48.8 Å². The van der Waals surface area contributed by atoms with Crippen molar-refractivity contribution in [2.24, 2.45) is 5.41 Å². The number of anilines is 1. The van der Waals surface area contributed by atoms with Crippen LogP contribution in [0.3, 0.4) is 0 Å². The Bertz CT molecular complexity index is 1010. The molecular weight excluding hydrogens is 454 g/mol. The van der Waals surface area contributed by atoms with Crippen molar-refractivity contribution in [3.8, 4) is 0 Å². The molecule has 1 fully saturated rings. The first-order valence-corrected chi connectivity index (χ1v) is 15.4. The van der Waals surface area contributed by atoms with Crippen molar-refractivity contribution in [3.63, 3.8) is 0 Å². The number of aromatic nitrogens is 1. The topological polar surface area (TPSA) is 88.7 Å². The Morgan fingerprint density at radius 1 is 1.20 bits per heavy atom. The van der Waals surface area contributed by atoms with Crippen LogP contribution in [0.4, 0.5) is 10.5 Å². The zero-order valence-corrected chi connectivity index (χ0v) is 23.6. The first-order chi connectivity index (χ1) is 16.1. The molecule has 1 amide bonds. The molecule has 192 valence electrons. The largest absolute Gasteiger partial charge is 0.465 e. The number of hydrogen-bond acceptors (Lipinski definition) is 4. The van der Waals surface area contributed by atoms with Gasteiger partial charge in [-0.15, -0.1) is 0 Å². The van der Waals surface area contributed by atoms with Gasteiger partial charge in [-0.3, -0.25) is 9.88 Å². The van der Waals surface area contributed by atoms with Crippen LogP contribution in [-0.4, -0.2) is 41.0 Å². The minimum Gasteiger partial charge on any atom is -0.465 e. The summed E-state index contributed by atoms with van der Waals surface area (Å²) in [6, 6.07) is 11.4. The van der Waals surface area contributed by atoms with Crippen molar-refractivity contribution >= 4 is 20.1 Å². The monoisotopic (exact) mass is 497 g/mol. The lowest BCUT2D eigenvalue weighted by Gasteiger charge is -2.50. The normalized spacial score (nSPS) is 22.3. The van der Waals surface area contributed by atoms with Gasteiger partial charge >= 0.3 is 6.09 Å². The van der Waals surface area contributed by atoms with E-state index in [1.54, 1.807) is 11.1 Å². The average molecular weight is 498 g/mol. The van der Waals surface area contributed by atoms with E-state index in [0.717, 1.165) is 24.0 Å². The molecule has 0 aliphatic carbocycles. The number of carbonyl (C=O) groups is 1. The van der Waals surface area contributed by atoms with Gasteiger partial charge in [-0.05, 0) is 72.1 Å². The highest BCUT2D eigenvalue weighted by Gasteiger charge is 2.58. The second-order valence-corrected chi connectivity index (χ2v) is 17.3. The molecule has 3 N–H and O–H groups in total. The summed E-state index contributed by atoms with van der Waals surface area (Å²) in [4.78, 5) is 19.2. The van der Waals surface area contributed by atoms with Crippen molar-refractivity contribution < 1.29 is 14.3 Å². The maximum atomic E-state index is 13.1. The van der Waals surface area contributed by atoms with E-state index in [-0.39, 0.29) is 22.6 Å². The summed E-state index contributed by atoms with van der Waals surface area (Å²) in [6.45, 7) is 17.5. The fraction of sp³-hybridized carbons (Fsp3) is 0.571. The molecule has 2 heterocycles. The van der Waals surface area contributed by atoms with Gasteiger partial charge in [0.05, 0.1) is 17.7 Å². The predicted octanol–water partition coefficient (Wildman–Crippen LogP) is 6.90. The molecule has 7 heteroatoms. The van der Waals surface area contributed by atoms with E-state index in [4.69, 9.17) is 10.2 Å². The van der Waals surface area contributed by atoms with Crippen LogP contribution in [0.2, 0.25) is 18.1 Å². The zero-order chi connectivity index (χ0) is 26.2. The summed E-state index contributed by atoms with van der Waals surface area (Å²) in [5, 5.41) is 10.7. The second kappa shape index (κ2) is 9.58. The average Bonchev–Trinajstić information content (AvgIpc) is 3.14. The van der Waals surface area contributed by atoms with Crippen LogP contribution in [0.25, 0.3) is 0 Å². The highest BCUT2D eigenvalue weighted by molar-refractivity contribution is 6.74. The van der Waals surface area contributed by atoms with Crippen LogP contribution in [0, 0.1) is 5.41 Å². The molecular formula is C28H43N3O3Si. The van der Waals surface area contributed by atoms with Crippen LogP contribution in [0.5, 0.6) is 0 Å². The number of amides is 1. The SMILES string of the molecule is CC(C)(C)[C@]1(Cc2ccc(N)cc2)CC[C@H]([C@H](O[Si](C)(C)C(C)(C)C)c2cccnc2)N1C(=O)O. The molecule has 1 saturated heterocycles. The Kier molecular flexibility index (Phi) is 7.45. The third-order valence-electron chi connectivity index (χ3n) is 8.32. The highest BCUT2D eigenvalue weighted by atomic mass is 28.4. The van der Waals surface area contributed by atoms with Crippen molar-refractivity contribution in [2.75, 3.05) is 5.73 Å².